The Morgan fingerprint density at radius 2 is 2.04 bits per heavy atom. The fourth-order valence-corrected chi connectivity index (χ4v) is 5.48. The maximum atomic E-state index is 13.6. The highest BCUT2D eigenvalue weighted by Gasteiger charge is 2.52. The van der Waals surface area contributed by atoms with Crippen molar-refractivity contribution in [3.05, 3.63) is 40.4 Å². The second-order valence-corrected chi connectivity index (χ2v) is 7.94. The van der Waals surface area contributed by atoms with Gasteiger partial charge in [-0.3, -0.25) is 4.99 Å². The third-order valence-electron chi connectivity index (χ3n) is 4.16. The number of nitrogens with zero attached hydrogens (tertiary/aromatic N) is 4. The quantitative estimate of drug-likeness (QED) is 0.897. The van der Waals surface area contributed by atoms with Crippen LogP contribution in [0.2, 0.25) is 0 Å². The molecule has 2 aliphatic rings. The number of rotatable bonds is 2. The van der Waals surface area contributed by atoms with E-state index >= 15 is 0 Å². The molecule has 0 amide bonds. The lowest BCUT2D eigenvalue weighted by molar-refractivity contribution is 0.494. The van der Waals surface area contributed by atoms with Gasteiger partial charge in [-0.1, -0.05) is 11.8 Å². The molecule has 0 aromatic carbocycles. The van der Waals surface area contributed by atoms with Crippen molar-refractivity contribution in [1.29, 1.82) is 0 Å². The number of thiophene rings is 1. The Morgan fingerprint density at radius 3 is 2.74 bits per heavy atom. The van der Waals surface area contributed by atoms with Gasteiger partial charge in [0, 0.05) is 30.4 Å². The molecule has 120 valence electrons. The SMILES string of the molecule is NC1=NCC2CN(c3ncc(F)cn3)CC2(c2ccc(F)s2)S1. The monoisotopic (exact) mass is 353 g/mol. The molecule has 2 aliphatic heterocycles. The van der Waals surface area contributed by atoms with E-state index in [9.17, 15) is 8.78 Å². The van der Waals surface area contributed by atoms with Crippen molar-refractivity contribution < 1.29 is 8.78 Å². The van der Waals surface area contributed by atoms with Crippen molar-refractivity contribution in [2.45, 2.75) is 4.75 Å². The Morgan fingerprint density at radius 1 is 1.26 bits per heavy atom. The maximum Gasteiger partial charge on any atom is 0.225 e. The zero-order valence-electron chi connectivity index (χ0n) is 11.9. The molecule has 2 atom stereocenters. The van der Waals surface area contributed by atoms with E-state index < -0.39 is 5.82 Å². The standard InChI is InChI=1S/C14H13F2N5S2/c15-9-4-19-13(20-5-9)21-6-8-3-18-12(17)23-14(8,7-21)10-1-2-11(16)22-10/h1-2,4-5,8H,3,6-7H2,(H2,17,18). The highest BCUT2D eigenvalue weighted by molar-refractivity contribution is 8.14. The first-order valence-electron chi connectivity index (χ1n) is 7.04. The summed E-state index contributed by atoms with van der Waals surface area (Å²) < 4.78 is 26.2. The lowest BCUT2D eigenvalue weighted by Gasteiger charge is -2.34. The number of anilines is 1. The summed E-state index contributed by atoms with van der Waals surface area (Å²) in [6.45, 7) is 1.84. The zero-order chi connectivity index (χ0) is 16.0. The Labute approximate surface area is 139 Å². The minimum absolute atomic E-state index is 0.173. The third kappa shape index (κ3) is 2.47. The smallest absolute Gasteiger partial charge is 0.225 e. The van der Waals surface area contributed by atoms with E-state index in [4.69, 9.17) is 5.73 Å². The summed E-state index contributed by atoms with van der Waals surface area (Å²) in [5.74, 6) is 0.172. The number of aliphatic imine (C=N–C) groups is 1. The van der Waals surface area contributed by atoms with Crippen LogP contribution >= 0.6 is 23.1 Å². The molecule has 1 fully saturated rings. The predicted octanol–water partition coefficient (Wildman–Crippen LogP) is 2.21. The molecule has 0 saturated carbocycles. The topological polar surface area (TPSA) is 67.4 Å². The molecule has 23 heavy (non-hydrogen) atoms. The summed E-state index contributed by atoms with van der Waals surface area (Å²) in [5.41, 5.74) is 5.95. The van der Waals surface area contributed by atoms with Crippen molar-refractivity contribution in [1.82, 2.24) is 9.97 Å². The van der Waals surface area contributed by atoms with Gasteiger partial charge in [0.2, 0.25) is 5.95 Å². The van der Waals surface area contributed by atoms with Gasteiger partial charge in [0.1, 0.15) is 0 Å². The minimum atomic E-state index is -0.470. The molecule has 2 aromatic heterocycles. The largest absolute Gasteiger partial charge is 0.379 e. The first-order chi connectivity index (χ1) is 11.1. The highest BCUT2D eigenvalue weighted by atomic mass is 32.2. The van der Waals surface area contributed by atoms with Crippen LogP contribution in [0.25, 0.3) is 0 Å². The molecule has 9 heteroatoms. The molecule has 2 aromatic rings. The molecule has 2 unspecified atom stereocenters. The second-order valence-electron chi connectivity index (χ2n) is 5.55. The summed E-state index contributed by atoms with van der Waals surface area (Å²) in [5, 5.41) is 0.295. The van der Waals surface area contributed by atoms with Gasteiger partial charge < -0.3 is 10.6 Å². The van der Waals surface area contributed by atoms with Crippen LogP contribution in [0.15, 0.2) is 29.5 Å². The number of aromatic nitrogens is 2. The van der Waals surface area contributed by atoms with Crippen molar-refractivity contribution >= 4 is 34.2 Å². The molecule has 0 radical (unpaired) electrons. The molecular weight excluding hydrogens is 340 g/mol. The van der Waals surface area contributed by atoms with Crippen LogP contribution in [0.5, 0.6) is 0 Å². The summed E-state index contributed by atoms with van der Waals surface area (Å²) in [6, 6.07) is 3.29. The number of halogens is 2. The van der Waals surface area contributed by atoms with E-state index in [0.717, 1.165) is 28.6 Å². The third-order valence-corrected chi connectivity index (χ3v) is 6.73. The first kappa shape index (κ1) is 14.8. The lowest BCUT2D eigenvalue weighted by atomic mass is 9.93. The molecule has 0 bridgehead atoms. The van der Waals surface area contributed by atoms with E-state index in [-0.39, 0.29) is 15.8 Å². The maximum absolute atomic E-state index is 13.6. The van der Waals surface area contributed by atoms with Gasteiger partial charge in [-0.2, -0.15) is 4.39 Å². The fraction of sp³-hybridized carbons (Fsp3) is 0.357. The number of hydrogen-bond acceptors (Lipinski definition) is 7. The summed E-state index contributed by atoms with van der Waals surface area (Å²) in [6.07, 6.45) is 2.31. The lowest BCUT2D eigenvalue weighted by Crippen LogP contribution is -2.38. The normalized spacial score (nSPS) is 27.0. The molecule has 2 N–H and O–H groups in total. The Kier molecular flexibility index (Phi) is 3.49. The Balaban J connectivity index is 1.72. The molecule has 5 nitrogen and oxygen atoms in total. The van der Waals surface area contributed by atoms with Crippen molar-refractivity contribution in [2.24, 2.45) is 16.6 Å². The van der Waals surface area contributed by atoms with Gasteiger partial charge in [0.25, 0.3) is 0 Å². The van der Waals surface area contributed by atoms with E-state index in [1.165, 1.54) is 17.8 Å². The van der Waals surface area contributed by atoms with Gasteiger partial charge in [-0.05, 0) is 12.1 Å². The van der Waals surface area contributed by atoms with Crippen LogP contribution in [0, 0.1) is 16.9 Å². The van der Waals surface area contributed by atoms with Crippen LogP contribution < -0.4 is 10.6 Å². The van der Waals surface area contributed by atoms with Crippen LogP contribution in [-0.2, 0) is 4.75 Å². The molecule has 4 rings (SSSR count). The number of amidine groups is 1. The van der Waals surface area contributed by atoms with Gasteiger partial charge in [-0.15, -0.1) is 11.3 Å². The number of hydrogen-bond donors (Lipinski definition) is 1. The number of thioether (sulfide) groups is 1. The van der Waals surface area contributed by atoms with Crippen molar-refractivity contribution in [3.63, 3.8) is 0 Å². The number of nitrogens with two attached hydrogens (primary N) is 1. The Bertz CT molecular complexity index is 763. The predicted molar refractivity (Wildman–Crippen MR) is 87.7 cm³/mol. The summed E-state index contributed by atoms with van der Waals surface area (Å²) in [4.78, 5) is 15.4. The molecular formula is C14H13F2N5S2. The minimum Gasteiger partial charge on any atom is -0.379 e. The van der Waals surface area contributed by atoms with Crippen molar-refractivity contribution in [3.8, 4) is 0 Å². The van der Waals surface area contributed by atoms with Crippen LogP contribution in [0.1, 0.15) is 4.88 Å². The first-order valence-corrected chi connectivity index (χ1v) is 8.67. The van der Waals surface area contributed by atoms with Crippen molar-refractivity contribution in [2.75, 3.05) is 24.5 Å². The van der Waals surface area contributed by atoms with Crippen LogP contribution in [0.3, 0.4) is 0 Å². The molecule has 0 spiro atoms. The van der Waals surface area contributed by atoms with E-state index in [1.807, 2.05) is 11.0 Å². The van der Waals surface area contributed by atoms with E-state index in [1.54, 1.807) is 0 Å². The van der Waals surface area contributed by atoms with Gasteiger partial charge in [0.15, 0.2) is 16.1 Å². The van der Waals surface area contributed by atoms with Crippen LogP contribution in [-0.4, -0.2) is 34.8 Å². The fourth-order valence-electron chi connectivity index (χ4n) is 3.12. The zero-order valence-corrected chi connectivity index (χ0v) is 13.6. The van der Waals surface area contributed by atoms with Gasteiger partial charge in [-0.25, -0.2) is 14.4 Å². The van der Waals surface area contributed by atoms with Crippen LogP contribution in [0.4, 0.5) is 14.7 Å². The van der Waals surface area contributed by atoms with E-state index in [2.05, 4.69) is 15.0 Å². The highest BCUT2D eigenvalue weighted by Crippen LogP contribution is 2.52. The molecule has 4 heterocycles. The Hall–Kier alpha value is -1.74. The summed E-state index contributed by atoms with van der Waals surface area (Å²) in [7, 11) is 0. The molecule has 1 saturated heterocycles. The summed E-state index contributed by atoms with van der Waals surface area (Å²) >= 11 is 2.61. The van der Waals surface area contributed by atoms with Gasteiger partial charge >= 0.3 is 0 Å². The average molecular weight is 353 g/mol. The average Bonchev–Trinajstić information content (AvgIpc) is 3.12. The van der Waals surface area contributed by atoms with E-state index in [0.29, 0.717) is 30.8 Å². The van der Waals surface area contributed by atoms with Gasteiger partial charge in [0.05, 0.1) is 17.1 Å². The number of fused-ring (bicyclic) bond motifs is 1. The second kappa shape index (κ2) is 5.41. The molecule has 0 aliphatic carbocycles.